The predicted molar refractivity (Wildman–Crippen MR) is 59.0 cm³/mol. The second-order valence-corrected chi connectivity index (χ2v) is 3.83. The van der Waals surface area contributed by atoms with Crippen LogP contribution in [0.3, 0.4) is 0 Å². The van der Waals surface area contributed by atoms with Crippen LogP contribution in [-0.4, -0.2) is 28.1 Å². The van der Waals surface area contributed by atoms with Gasteiger partial charge in [0.05, 0.1) is 6.10 Å². The van der Waals surface area contributed by atoms with E-state index in [1.807, 2.05) is 12.2 Å². The molecule has 16 heavy (non-hydrogen) atoms. The monoisotopic (exact) mass is 224 g/mol. The van der Waals surface area contributed by atoms with Gasteiger partial charge in [-0.2, -0.15) is 0 Å². The zero-order valence-corrected chi connectivity index (χ0v) is 9.06. The molecule has 0 aromatic rings. The fourth-order valence-corrected chi connectivity index (χ4v) is 1.61. The van der Waals surface area contributed by atoms with Gasteiger partial charge in [0.1, 0.15) is 0 Å². The van der Waals surface area contributed by atoms with E-state index in [9.17, 15) is 14.7 Å². The summed E-state index contributed by atoms with van der Waals surface area (Å²) in [5.74, 6) is -0.784. The van der Waals surface area contributed by atoms with Gasteiger partial charge in [-0.05, 0) is 30.9 Å². The number of carboxylic acids is 1. The van der Waals surface area contributed by atoms with Crippen LogP contribution in [0.25, 0.3) is 0 Å². The minimum absolute atomic E-state index is 0.0198. The van der Waals surface area contributed by atoms with Crippen molar-refractivity contribution in [1.29, 1.82) is 0 Å². The molecule has 0 saturated carbocycles. The Labute approximate surface area is 94.3 Å². The lowest BCUT2D eigenvalue weighted by Crippen LogP contribution is -2.01. The van der Waals surface area contributed by atoms with Crippen molar-refractivity contribution >= 4 is 11.8 Å². The molecule has 0 aromatic carbocycles. The predicted octanol–water partition coefficient (Wildman–Crippen LogP) is 1.45. The number of allylic oxidation sites excluding steroid dienone is 3. The van der Waals surface area contributed by atoms with Gasteiger partial charge in [0.2, 0.25) is 0 Å². The van der Waals surface area contributed by atoms with Crippen LogP contribution in [0.2, 0.25) is 0 Å². The minimum atomic E-state index is -0.804. The third-order valence-electron chi connectivity index (χ3n) is 2.42. The number of carbonyl (C=O) groups is 2. The van der Waals surface area contributed by atoms with Gasteiger partial charge in [-0.3, -0.25) is 9.59 Å². The van der Waals surface area contributed by atoms with E-state index < -0.39 is 12.1 Å². The molecule has 1 unspecified atom stereocenters. The average molecular weight is 224 g/mol. The van der Waals surface area contributed by atoms with Gasteiger partial charge in [-0.15, -0.1) is 0 Å². The van der Waals surface area contributed by atoms with Crippen molar-refractivity contribution in [2.75, 3.05) is 0 Å². The van der Waals surface area contributed by atoms with Crippen LogP contribution in [0.15, 0.2) is 23.8 Å². The maximum absolute atomic E-state index is 11.3. The maximum Gasteiger partial charge on any atom is 0.303 e. The molecule has 0 aliphatic heterocycles. The molecule has 0 aromatic heterocycles. The second-order valence-electron chi connectivity index (χ2n) is 3.83. The Morgan fingerprint density at radius 1 is 1.44 bits per heavy atom. The number of aliphatic carboxylic acids is 1. The smallest absolute Gasteiger partial charge is 0.303 e. The summed E-state index contributed by atoms with van der Waals surface area (Å²) < 4.78 is 0. The Balaban J connectivity index is 2.18. The normalized spacial score (nSPS) is 20.4. The molecule has 0 saturated heterocycles. The van der Waals surface area contributed by atoms with Crippen molar-refractivity contribution in [1.82, 2.24) is 0 Å². The van der Waals surface area contributed by atoms with Crippen LogP contribution < -0.4 is 0 Å². The van der Waals surface area contributed by atoms with Crippen molar-refractivity contribution in [3.8, 4) is 0 Å². The zero-order valence-electron chi connectivity index (χ0n) is 9.06. The highest BCUT2D eigenvalue weighted by atomic mass is 16.4. The Hall–Kier alpha value is -1.42. The molecule has 4 heteroatoms. The van der Waals surface area contributed by atoms with Crippen molar-refractivity contribution < 1.29 is 19.8 Å². The molecule has 0 spiro atoms. The summed E-state index contributed by atoms with van der Waals surface area (Å²) in [5.41, 5.74) is 0.690. The quantitative estimate of drug-likeness (QED) is 0.669. The highest BCUT2D eigenvalue weighted by Gasteiger charge is 2.20. The number of hydrogen-bond donors (Lipinski definition) is 2. The van der Waals surface area contributed by atoms with E-state index in [1.54, 1.807) is 6.08 Å². The van der Waals surface area contributed by atoms with E-state index in [0.717, 1.165) is 0 Å². The lowest BCUT2D eigenvalue weighted by atomic mass is 10.1. The highest BCUT2D eigenvalue weighted by molar-refractivity contribution is 5.98. The first-order valence-electron chi connectivity index (χ1n) is 5.38. The highest BCUT2D eigenvalue weighted by Crippen LogP contribution is 2.19. The number of Topliss-reactive ketones (excluding diaryl/α,β-unsaturated/α-hetero) is 1. The Bertz CT molecular complexity index is 328. The fourth-order valence-electron chi connectivity index (χ4n) is 1.61. The number of carboxylic acid groups (broad SMARTS) is 1. The van der Waals surface area contributed by atoms with Crippen LogP contribution >= 0.6 is 0 Å². The minimum Gasteiger partial charge on any atom is -0.481 e. The topological polar surface area (TPSA) is 74.6 Å². The third kappa shape index (κ3) is 4.40. The first-order valence-corrected chi connectivity index (χ1v) is 5.38. The molecular weight excluding hydrogens is 208 g/mol. The van der Waals surface area contributed by atoms with Gasteiger partial charge in [0, 0.05) is 12.8 Å². The average Bonchev–Trinajstić information content (AvgIpc) is 2.50. The van der Waals surface area contributed by atoms with E-state index in [4.69, 9.17) is 5.11 Å². The fraction of sp³-hybridized carbons (Fsp3) is 0.500. The summed E-state index contributed by atoms with van der Waals surface area (Å²) in [6.07, 6.45) is 6.88. The van der Waals surface area contributed by atoms with Crippen molar-refractivity contribution in [3.63, 3.8) is 0 Å². The molecule has 1 atom stereocenters. The van der Waals surface area contributed by atoms with Gasteiger partial charge in [-0.25, -0.2) is 0 Å². The lowest BCUT2D eigenvalue weighted by molar-refractivity contribution is -0.136. The molecule has 0 amide bonds. The molecule has 0 bridgehead atoms. The number of aliphatic hydroxyl groups is 1. The number of carbonyl (C=O) groups excluding carboxylic acids is 1. The standard InChI is InChI=1S/C12H16O4/c13-10-7-9(11(14)8-10)5-3-1-2-4-6-12(15)16/h1-2,7,10,13H,3-6,8H2,(H,15,16). The SMILES string of the molecule is O=C(O)CCC=CCCC1=CC(O)CC1=O. The summed E-state index contributed by atoms with van der Waals surface area (Å²) in [7, 11) is 0. The number of ketones is 1. The van der Waals surface area contributed by atoms with Crippen LogP contribution in [0.1, 0.15) is 32.1 Å². The summed E-state index contributed by atoms with van der Waals surface area (Å²) in [5, 5.41) is 17.6. The molecule has 0 radical (unpaired) electrons. The summed E-state index contributed by atoms with van der Waals surface area (Å²) in [6.45, 7) is 0. The van der Waals surface area contributed by atoms with E-state index in [2.05, 4.69) is 0 Å². The first kappa shape index (κ1) is 12.6. The zero-order chi connectivity index (χ0) is 12.0. The van der Waals surface area contributed by atoms with E-state index in [1.165, 1.54) is 0 Å². The number of rotatable bonds is 6. The van der Waals surface area contributed by atoms with Crippen LogP contribution in [0, 0.1) is 0 Å². The van der Waals surface area contributed by atoms with Gasteiger partial charge < -0.3 is 10.2 Å². The molecule has 1 rings (SSSR count). The van der Waals surface area contributed by atoms with Crippen molar-refractivity contribution in [3.05, 3.63) is 23.8 Å². The Morgan fingerprint density at radius 2 is 2.12 bits per heavy atom. The summed E-state index contributed by atoms with van der Waals surface area (Å²) >= 11 is 0. The summed E-state index contributed by atoms with van der Waals surface area (Å²) in [6, 6.07) is 0. The molecule has 0 heterocycles. The number of hydrogen-bond acceptors (Lipinski definition) is 3. The lowest BCUT2D eigenvalue weighted by Gasteiger charge is -1.95. The molecule has 1 aliphatic rings. The van der Waals surface area contributed by atoms with E-state index in [0.29, 0.717) is 24.8 Å². The van der Waals surface area contributed by atoms with Crippen LogP contribution in [0.5, 0.6) is 0 Å². The molecule has 2 N–H and O–H groups in total. The molecular formula is C12H16O4. The van der Waals surface area contributed by atoms with Crippen LogP contribution in [0.4, 0.5) is 0 Å². The van der Waals surface area contributed by atoms with E-state index in [-0.39, 0.29) is 18.6 Å². The summed E-state index contributed by atoms with van der Waals surface area (Å²) in [4.78, 5) is 21.5. The molecule has 0 fully saturated rings. The van der Waals surface area contributed by atoms with Gasteiger partial charge in [0.25, 0.3) is 0 Å². The number of aliphatic hydroxyl groups excluding tert-OH is 1. The van der Waals surface area contributed by atoms with Gasteiger partial charge in [-0.1, -0.05) is 12.2 Å². The van der Waals surface area contributed by atoms with Gasteiger partial charge in [0.15, 0.2) is 5.78 Å². The molecule has 88 valence electrons. The largest absolute Gasteiger partial charge is 0.481 e. The van der Waals surface area contributed by atoms with E-state index >= 15 is 0 Å². The molecule has 1 aliphatic carbocycles. The first-order chi connectivity index (χ1) is 7.59. The Kier molecular flexibility index (Phi) is 4.92. The second kappa shape index (κ2) is 6.23. The molecule has 4 nitrogen and oxygen atoms in total. The van der Waals surface area contributed by atoms with Crippen LogP contribution in [-0.2, 0) is 9.59 Å². The van der Waals surface area contributed by atoms with Gasteiger partial charge >= 0.3 is 5.97 Å². The maximum atomic E-state index is 11.3. The Morgan fingerprint density at radius 3 is 2.69 bits per heavy atom. The van der Waals surface area contributed by atoms with Crippen molar-refractivity contribution in [2.24, 2.45) is 0 Å². The van der Waals surface area contributed by atoms with Crippen molar-refractivity contribution in [2.45, 2.75) is 38.2 Å². The third-order valence-corrected chi connectivity index (χ3v) is 2.42.